The van der Waals surface area contributed by atoms with Crippen LogP contribution in [0.5, 0.6) is 0 Å². The summed E-state index contributed by atoms with van der Waals surface area (Å²) in [5.41, 5.74) is -0.198. The number of rotatable bonds is 6. The van der Waals surface area contributed by atoms with Crippen molar-refractivity contribution in [1.29, 1.82) is 0 Å². The van der Waals surface area contributed by atoms with Crippen LogP contribution in [0.2, 0.25) is 0 Å². The molecule has 18 heavy (non-hydrogen) atoms. The van der Waals surface area contributed by atoms with E-state index in [9.17, 15) is 19.5 Å². The zero-order chi connectivity index (χ0) is 14.1. The lowest BCUT2D eigenvalue weighted by atomic mass is 10.1. The molecule has 2 N–H and O–H groups in total. The zero-order valence-corrected chi connectivity index (χ0v) is 10.0. The maximum Gasteiger partial charge on any atom is 0.336 e. The average Bonchev–Trinajstić information content (AvgIpc) is 2.34. The molecule has 98 valence electrons. The van der Waals surface area contributed by atoms with Gasteiger partial charge in [0.05, 0.1) is 12.2 Å². The molecule has 1 unspecified atom stereocenters. The standard InChI is InChI=1S/C12H15NO5/c1-4-10(15)13-11(16)7-6-9(14)8(3)12(17)18-5-2/h4,6-7,9,14H,1,3,5H2,2H3,(H,13,15,16). The number of aliphatic hydroxyl groups excluding tert-OH is 1. The Morgan fingerprint density at radius 1 is 1.39 bits per heavy atom. The first-order valence-electron chi connectivity index (χ1n) is 5.11. The number of hydrogen-bond donors (Lipinski definition) is 2. The Balaban J connectivity index is 4.38. The summed E-state index contributed by atoms with van der Waals surface area (Å²) in [5.74, 6) is -2.16. The predicted molar refractivity (Wildman–Crippen MR) is 64.3 cm³/mol. The zero-order valence-electron chi connectivity index (χ0n) is 10.0. The number of ether oxygens (including phenoxy) is 1. The fraction of sp³-hybridized carbons (Fsp3) is 0.250. The number of aliphatic hydroxyl groups is 1. The Kier molecular flexibility index (Phi) is 6.99. The molecule has 0 rings (SSSR count). The largest absolute Gasteiger partial charge is 0.463 e. The monoisotopic (exact) mass is 253 g/mol. The molecular formula is C12H15NO5. The average molecular weight is 253 g/mol. The van der Waals surface area contributed by atoms with Crippen molar-refractivity contribution in [3.8, 4) is 0 Å². The molecule has 0 heterocycles. The molecule has 0 aromatic heterocycles. The van der Waals surface area contributed by atoms with E-state index in [0.717, 1.165) is 18.2 Å². The number of carbonyl (C=O) groups is 3. The second-order valence-electron chi connectivity index (χ2n) is 3.11. The van der Waals surface area contributed by atoms with Crippen molar-refractivity contribution in [2.45, 2.75) is 13.0 Å². The fourth-order valence-electron chi connectivity index (χ4n) is 0.853. The molecule has 6 nitrogen and oxygen atoms in total. The Morgan fingerprint density at radius 2 is 2.00 bits per heavy atom. The lowest BCUT2D eigenvalue weighted by Crippen LogP contribution is -2.27. The highest BCUT2D eigenvalue weighted by Gasteiger charge is 2.15. The summed E-state index contributed by atoms with van der Waals surface area (Å²) in [6.45, 7) is 8.27. The van der Waals surface area contributed by atoms with E-state index >= 15 is 0 Å². The van der Waals surface area contributed by atoms with Crippen molar-refractivity contribution in [3.63, 3.8) is 0 Å². The van der Waals surface area contributed by atoms with E-state index in [4.69, 9.17) is 0 Å². The molecule has 0 fully saturated rings. The number of imide groups is 1. The summed E-state index contributed by atoms with van der Waals surface area (Å²) in [7, 11) is 0. The molecule has 0 saturated heterocycles. The molecule has 0 aliphatic rings. The van der Waals surface area contributed by atoms with Gasteiger partial charge in [-0.15, -0.1) is 0 Å². The first-order chi connectivity index (χ1) is 8.42. The molecule has 2 amide bonds. The molecular weight excluding hydrogens is 238 g/mol. The van der Waals surface area contributed by atoms with Crippen molar-refractivity contribution in [1.82, 2.24) is 5.32 Å². The lowest BCUT2D eigenvalue weighted by Gasteiger charge is -2.08. The predicted octanol–water partition coefficient (Wildman–Crippen LogP) is -0.148. The van der Waals surface area contributed by atoms with Crippen LogP contribution in [-0.4, -0.2) is 35.6 Å². The van der Waals surface area contributed by atoms with Crippen LogP contribution < -0.4 is 5.32 Å². The summed E-state index contributed by atoms with van der Waals surface area (Å²) >= 11 is 0. The molecule has 0 bridgehead atoms. The van der Waals surface area contributed by atoms with Crippen LogP contribution in [0.25, 0.3) is 0 Å². The van der Waals surface area contributed by atoms with Crippen molar-refractivity contribution >= 4 is 17.8 Å². The molecule has 0 radical (unpaired) electrons. The van der Waals surface area contributed by atoms with E-state index in [-0.39, 0.29) is 12.2 Å². The molecule has 0 spiro atoms. The normalized spacial score (nSPS) is 11.7. The van der Waals surface area contributed by atoms with Crippen molar-refractivity contribution in [2.24, 2.45) is 0 Å². The Bertz CT molecular complexity index is 397. The number of hydrogen-bond acceptors (Lipinski definition) is 5. The minimum atomic E-state index is -1.35. The summed E-state index contributed by atoms with van der Waals surface area (Å²) in [6.07, 6.45) is 1.51. The quantitative estimate of drug-likeness (QED) is 0.507. The van der Waals surface area contributed by atoms with Gasteiger partial charge in [-0.05, 0) is 19.1 Å². The van der Waals surface area contributed by atoms with Gasteiger partial charge in [0.1, 0.15) is 6.10 Å². The molecule has 0 aliphatic heterocycles. The topological polar surface area (TPSA) is 92.7 Å². The smallest absolute Gasteiger partial charge is 0.336 e. The molecule has 0 saturated carbocycles. The van der Waals surface area contributed by atoms with Gasteiger partial charge in [0, 0.05) is 6.08 Å². The molecule has 0 aromatic carbocycles. The van der Waals surface area contributed by atoms with Crippen LogP contribution in [0.15, 0.2) is 37.0 Å². The summed E-state index contributed by atoms with van der Waals surface area (Å²) in [6, 6.07) is 0. The highest BCUT2D eigenvalue weighted by atomic mass is 16.5. The minimum Gasteiger partial charge on any atom is -0.463 e. The number of nitrogens with one attached hydrogen (secondary N) is 1. The first kappa shape index (κ1) is 15.8. The van der Waals surface area contributed by atoms with E-state index in [0.29, 0.717) is 0 Å². The van der Waals surface area contributed by atoms with Gasteiger partial charge in [-0.3, -0.25) is 14.9 Å². The Morgan fingerprint density at radius 3 is 2.50 bits per heavy atom. The number of amides is 2. The van der Waals surface area contributed by atoms with E-state index in [2.05, 4.69) is 17.9 Å². The highest BCUT2D eigenvalue weighted by molar-refractivity contribution is 6.04. The number of carbonyl (C=O) groups excluding carboxylic acids is 3. The van der Waals surface area contributed by atoms with Gasteiger partial charge in [-0.25, -0.2) is 4.79 Å². The van der Waals surface area contributed by atoms with Gasteiger partial charge in [0.25, 0.3) is 5.91 Å². The SMILES string of the molecule is C=CC(=O)NC(=O)C=CC(O)C(=C)C(=O)OCC. The highest BCUT2D eigenvalue weighted by Crippen LogP contribution is 2.03. The summed E-state index contributed by atoms with van der Waals surface area (Å²) < 4.78 is 4.61. The van der Waals surface area contributed by atoms with Crippen LogP contribution in [0, 0.1) is 0 Å². The van der Waals surface area contributed by atoms with Gasteiger partial charge in [0.15, 0.2) is 0 Å². The van der Waals surface area contributed by atoms with E-state index in [1.54, 1.807) is 6.92 Å². The first-order valence-corrected chi connectivity index (χ1v) is 5.11. The van der Waals surface area contributed by atoms with Crippen molar-refractivity contribution in [3.05, 3.63) is 37.0 Å². The Hall–Kier alpha value is -2.21. The third-order valence-electron chi connectivity index (χ3n) is 1.76. The van der Waals surface area contributed by atoms with Gasteiger partial charge in [-0.1, -0.05) is 13.2 Å². The van der Waals surface area contributed by atoms with Gasteiger partial charge < -0.3 is 9.84 Å². The minimum absolute atomic E-state index is 0.155. The van der Waals surface area contributed by atoms with Gasteiger partial charge >= 0.3 is 5.97 Å². The van der Waals surface area contributed by atoms with E-state index in [1.807, 2.05) is 5.32 Å². The molecule has 6 heteroatoms. The van der Waals surface area contributed by atoms with Crippen LogP contribution in [-0.2, 0) is 19.1 Å². The van der Waals surface area contributed by atoms with Crippen LogP contribution in [0.3, 0.4) is 0 Å². The summed E-state index contributed by atoms with van der Waals surface area (Å²) in [4.78, 5) is 33.0. The maximum absolute atomic E-state index is 11.2. The van der Waals surface area contributed by atoms with Crippen LogP contribution in [0.4, 0.5) is 0 Å². The molecule has 0 aromatic rings. The van der Waals surface area contributed by atoms with Gasteiger partial charge in [0.2, 0.25) is 5.91 Å². The van der Waals surface area contributed by atoms with Crippen molar-refractivity contribution in [2.75, 3.05) is 6.61 Å². The van der Waals surface area contributed by atoms with Gasteiger partial charge in [-0.2, -0.15) is 0 Å². The second kappa shape index (κ2) is 7.97. The Labute approximate surface area is 105 Å². The van der Waals surface area contributed by atoms with Crippen molar-refractivity contribution < 1.29 is 24.2 Å². The lowest BCUT2D eigenvalue weighted by molar-refractivity contribution is -0.139. The molecule has 1 atom stereocenters. The van der Waals surface area contributed by atoms with Crippen LogP contribution in [0.1, 0.15) is 6.92 Å². The van der Waals surface area contributed by atoms with E-state index < -0.39 is 23.9 Å². The fourth-order valence-corrected chi connectivity index (χ4v) is 0.853. The summed E-state index contributed by atoms with van der Waals surface area (Å²) in [5, 5.41) is 11.4. The second-order valence-corrected chi connectivity index (χ2v) is 3.11. The third-order valence-corrected chi connectivity index (χ3v) is 1.76. The van der Waals surface area contributed by atoms with E-state index in [1.165, 1.54) is 0 Å². The maximum atomic E-state index is 11.2. The van der Waals surface area contributed by atoms with Crippen LogP contribution >= 0.6 is 0 Å². The number of esters is 1. The molecule has 0 aliphatic carbocycles. The third kappa shape index (κ3) is 5.76.